The van der Waals surface area contributed by atoms with Crippen LogP contribution < -0.4 is 10.0 Å². The number of anilines is 1. The number of nitrogens with zero attached hydrogens (tertiary/aromatic N) is 5. The van der Waals surface area contributed by atoms with Gasteiger partial charge in [-0.15, -0.1) is 0 Å². The maximum absolute atomic E-state index is 15.3. The van der Waals surface area contributed by atoms with E-state index in [9.17, 15) is 30.8 Å². The van der Waals surface area contributed by atoms with Gasteiger partial charge in [-0.05, 0) is 54.7 Å². The Bertz CT molecular complexity index is 2590. The minimum Gasteiger partial charge on any atom is -0.346 e. The van der Waals surface area contributed by atoms with E-state index >= 15 is 8.78 Å². The first-order valence-electron chi connectivity index (χ1n) is 16.1. The summed E-state index contributed by atoms with van der Waals surface area (Å²) < 4.78 is 116. The van der Waals surface area contributed by atoms with Crippen molar-refractivity contribution in [3.05, 3.63) is 93.5 Å². The van der Waals surface area contributed by atoms with Gasteiger partial charge in [0.05, 0.1) is 33.9 Å². The molecule has 11 nitrogen and oxygen atoms in total. The van der Waals surface area contributed by atoms with Gasteiger partial charge in [0.2, 0.25) is 15.9 Å². The summed E-state index contributed by atoms with van der Waals surface area (Å²) >= 11 is 6.57. The zero-order valence-electron chi connectivity index (χ0n) is 27.6. The molecule has 53 heavy (non-hydrogen) atoms. The van der Waals surface area contributed by atoms with Crippen LogP contribution in [0.3, 0.4) is 0 Å². The molecule has 19 heteroatoms. The van der Waals surface area contributed by atoms with Crippen molar-refractivity contribution in [2.75, 3.05) is 11.0 Å². The van der Waals surface area contributed by atoms with Crippen LogP contribution in [0.2, 0.25) is 5.02 Å². The maximum Gasteiger partial charge on any atom is 0.293 e. The average molecular weight is 777 g/mol. The number of aromatic amines is 1. The summed E-state index contributed by atoms with van der Waals surface area (Å²) in [5.74, 6) is -8.16. The van der Waals surface area contributed by atoms with Crippen LogP contribution in [-0.2, 0) is 40.8 Å². The number of hydrogen-bond donors (Lipinski definition) is 3. The molecule has 0 bridgehead atoms. The van der Waals surface area contributed by atoms with Crippen LogP contribution in [0.4, 0.5) is 32.2 Å². The van der Waals surface area contributed by atoms with E-state index in [1.165, 1.54) is 10.7 Å². The van der Waals surface area contributed by atoms with Gasteiger partial charge in [-0.25, -0.2) is 31.0 Å². The van der Waals surface area contributed by atoms with E-state index in [1.807, 2.05) is 0 Å². The molecule has 0 radical (unpaired) electrons. The number of fused-ring (bicyclic) bond motifs is 5. The van der Waals surface area contributed by atoms with Crippen molar-refractivity contribution >= 4 is 55.3 Å². The molecule has 6 aromatic rings. The highest BCUT2D eigenvalue weighted by atomic mass is 35.5. The van der Waals surface area contributed by atoms with Crippen LogP contribution in [0, 0.1) is 17.6 Å². The summed E-state index contributed by atoms with van der Waals surface area (Å²) in [6.45, 7) is -0.869. The number of halogens is 7. The molecule has 2 aliphatic carbocycles. The average Bonchev–Trinajstić information content (AvgIpc) is 3.28. The summed E-state index contributed by atoms with van der Waals surface area (Å²) in [6, 6.07) is 8.16. The molecular weight excluding hydrogens is 750 g/mol. The molecule has 1 saturated carbocycles. The van der Waals surface area contributed by atoms with Crippen molar-refractivity contribution in [2.45, 2.75) is 43.7 Å². The van der Waals surface area contributed by atoms with Crippen LogP contribution in [0.1, 0.15) is 53.0 Å². The van der Waals surface area contributed by atoms with Crippen molar-refractivity contribution in [3.63, 3.8) is 0 Å². The number of amides is 1. The van der Waals surface area contributed by atoms with Crippen LogP contribution in [0.5, 0.6) is 0 Å². The van der Waals surface area contributed by atoms with E-state index in [0.717, 1.165) is 18.4 Å². The van der Waals surface area contributed by atoms with Gasteiger partial charge in [0.15, 0.2) is 5.82 Å². The quantitative estimate of drug-likeness (QED) is 0.130. The number of aromatic nitrogens is 6. The molecule has 1 amide bonds. The van der Waals surface area contributed by atoms with E-state index in [-0.39, 0.29) is 45.9 Å². The number of sulfonamides is 1. The van der Waals surface area contributed by atoms with Crippen LogP contribution in [-0.4, -0.2) is 50.1 Å². The lowest BCUT2D eigenvalue weighted by Crippen LogP contribution is -2.35. The molecule has 2 aromatic carbocycles. The second kappa shape index (κ2) is 12.2. The van der Waals surface area contributed by atoms with E-state index in [2.05, 4.69) is 25.2 Å². The number of hydrogen-bond acceptors (Lipinski definition) is 6. The molecule has 2 unspecified atom stereocenters. The van der Waals surface area contributed by atoms with Gasteiger partial charge >= 0.3 is 0 Å². The Kier molecular flexibility index (Phi) is 8.06. The molecule has 276 valence electrons. The Balaban J connectivity index is 1.26. The number of alkyl halides is 4. The molecule has 0 saturated heterocycles. The summed E-state index contributed by atoms with van der Waals surface area (Å²) in [6.07, 6.45) is -0.810. The number of H-pyrrole nitrogens is 1. The number of nitrogens with one attached hydrogen (secondary N) is 3. The highest BCUT2D eigenvalue weighted by molar-refractivity contribution is 7.92. The van der Waals surface area contributed by atoms with Crippen LogP contribution in [0.25, 0.3) is 33.1 Å². The van der Waals surface area contributed by atoms with Crippen molar-refractivity contribution < 1.29 is 39.6 Å². The van der Waals surface area contributed by atoms with Gasteiger partial charge < -0.3 is 10.3 Å². The Labute approximate surface area is 301 Å². The van der Waals surface area contributed by atoms with Gasteiger partial charge in [0.25, 0.3) is 12.3 Å². The fourth-order valence-corrected chi connectivity index (χ4v) is 8.19. The van der Waals surface area contributed by atoms with Crippen molar-refractivity contribution in [3.8, 4) is 11.1 Å². The Hall–Kier alpha value is -5.10. The predicted molar refractivity (Wildman–Crippen MR) is 182 cm³/mol. The second-order valence-electron chi connectivity index (χ2n) is 13.3. The van der Waals surface area contributed by atoms with Gasteiger partial charge in [0.1, 0.15) is 35.2 Å². The maximum atomic E-state index is 15.3. The zero-order chi connectivity index (χ0) is 37.7. The smallest absolute Gasteiger partial charge is 0.293 e. The lowest BCUT2D eigenvalue weighted by Gasteiger charge is -2.23. The monoisotopic (exact) mass is 776 g/mol. The third kappa shape index (κ3) is 6.06. The first-order chi connectivity index (χ1) is 25.0. The third-order valence-electron chi connectivity index (χ3n) is 9.56. The van der Waals surface area contributed by atoms with Gasteiger partial charge in [-0.3, -0.25) is 18.9 Å². The predicted octanol–water partition coefficient (Wildman–Crippen LogP) is 6.86. The highest BCUT2D eigenvalue weighted by Gasteiger charge is 2.67. The molecule has 1 fully saturated rings. The fourth-order valence-electron chi connectivity index (χ4n) is 7.45. The largest absolute Gasteiger partial charge is 0.346 e. The summed E-state index contributed by atoms with van der Waals surface area (Å²) in [5.41, 5.74) is -0.0160. The fraction of sp³-hybridized carbons (Fsp3) is 0.294. The van der Waals surface area contributed by atoms with E-state index < -0.39 is 75.7 Å². The summed E-state index contributed by atoms with van der Waals surface area (Å²) in [4.78, 5) is 21.6. The van der Waals surface area contributed by atoms with Crippen molar-refractivity contribution in [2.24, 2.45) is 13.0 Å². The molecule has 0 spiro atoms. The topological polar surface area (TPSA) is 140 Å². The highest BCUT2D eigenvalue weighted by Crippen LogP contribution is 2.68. The van der Waals surface area contributed by atoms with E-state index in [0.29, 0.717) is 38.4 Å². The Morgan fingerprint density at radius 2 is 1.81 bits per heavy atom. The molecule has 4 heterocycles. The Morgan fingerprint density at radius 3 is 2.51 bits per heavy atom. The number of aryl methyl sites for hydroxylation is 1. The number of carbonyl (C=O) groups excluding carboxylic acids is 1. The van der Waals surface area contributed by atoms with E-state index in [4.69, 9.17) is 16.6 Å². The molecule has 4 aromatic heterocycles. The van der Waals surface area contributed by atoms with Crippen LogP contribution in [0.15, 0.2) is 48.7 Å². The minimum absolute atomic E-state index is 0.0417. The van der Waals surface area contributed by atoms with Gasteiger partial charge in [-0.2, -0.15) is 19.0 Å². The van der Waals surface area contributed by atoms with Crippen LogP contribution >= 0.6 is 11.6 Å². The number of carbonyl (C=O) groups is 1. The zero-order valence-corrected chi connectivity index (χ0v) is 29.1. The van der Waals surface area contributed by atoms with Crippen molar-refractivity contribution in [1.29, 1.82) is 0 Å². The standard InChI is InChI=1S/C34H27ClF6N8O3S/c1-48-29-18(3-4-22(35)26(29)33(46-48)47-53(2,51)52)19-10-15-5-6-42-32(15)44-27(19)23(9-14-7-16(36)11-17(37)8-14)43-24(50)13-49-30-25(28(45-49)31(38)39)20-12-21(20)34(30,40)41/h3-8,10-11,20-21,23,31H,9,12-13H2,1-2H3,(H,42,44)(H,43,50)(H,46,47)/t20?,21-,23?/m1/s1. The molecule has 3 atom stereocenters. The summed E-state index contributed by atoms with van der Waals surface area (Å²) in [7, 11) is -2.24. The first kappa shape index (κ1) is 35.0. The Morgan fingerprint density at radius 1 is 1.08 bits per heavy atom. The molecular formula is C34H27ClF6N8O3S. The number of benzene rings is 2. The van der Waals surface area contributed by atoms with Gasteiger partial charge in [-0.1, -0.05) is 17.7 Å². The first-order valence-corrected chi connectivity index (χ1v) is 18.4. The molecule has 2 aliphatic rings. The summed E-state index contributed by atoms with van der Waals surface area (Å²) in [5, 5.41) is 11.8. The van der Waals surface area contributed by atoms with Crippen molar-refractivity contribution in [1.82, 2.24) is 34.8 Å². The molecule has 3 N–H and O–H groups in total. The second-order valence-corrected chi connectivity index (χ2v) is 15.4. The lowest BCUT2D eigenvalue weighted by atomic mass is 9.93. The third-order valence-corrected chi connectivity index (χ3v) is 10.4. The number of rotatable bonds is 10. The normalized spacial score (nSPS) is 18.1. The molecule has 0 aliphatic heterocycles. The number of pyridine rings is 1. The SMILES string of the molecule is Cn1nc(NS(C)(=O)=O)c2c(Cl)ccc(-c3cc4cc[nH]c4nc3C(Cc3cc(F)cc(F)c3)NC(=O)Cn3nc(C(F)F)c4c3C(F)(F)[C@@H]3CC43)c21. The lowest BCUT2D eigenvalue weighted by molar-refractivity contribution is -0.123. The minimum atomic E-state index is -3.79. The van der Waals surface area contributed by atoms with E-state index in [1.54, 1.807) is 31.4 Å². The van der Waals surface area contributed by atoms with Gasteiger partial charge in [0, 0.05) is 47.3 Å². The molecule has 8 rings (SSSR count).